The number of sulfonamides is 1. The van der Waals surface area contributed by atoms with Crippen molar-refractivity contribution in [1.82, 2.24) is 0 Å². The highest BCUT2D eigenvalue weighted by molar-refractivity contribution is 7.95. The number of nitrogens with one attached hydrogen (secondary N) is 1. The number of anilines is 1. The van der Waals surface area contributed by atoms with Gasteiger partial charge in [-0.05, 0) is 26.0 Å². The molecule has 3 N–H and O–H groups in total. The molecule has 0 amide bonds. The van der Waals surface area contributed by atoms with E-state index in [0.29, 0.717) is 18.0 Å². The van der Waals surface area contributed by atoms with Crippen LogP contribution in [-0.4, -0.2) is 25.3 Å². The van der Waals surface area contributed by atoms with Crippen LogP contribution in [-0.2, 0) is 10.0 Å². The molecule has 0 saturated heterocycles. The lowest BCUT2D eigenvalue weighted by Gasteiger charge is -2.14. The molecule has 0 radical (unpaired) electrons. The minimum Gasteiger partial charge on any atom is -0.494 e. The minimum absolute atomic E-state index is 0.0662. The van der Waals surface area contributed by atoms with Gasteiger partial charge in [0.05, 0.1) is 17.3 Å². The maximum atomic E-state index is 11.9. The number of hydrogen-bond acceptors (Lipinski definition) is 4. The van der Waals surface area contributed by atoms with Crippen molar-refractivity contribution in [3.8, 4) is 5.75 Å². The van der Waals surface area contributed by atoms with Gasteiger partial charge in [-0.15, -0.1) is 0 Å². The smallest absolute Gasteiger partial charge is 0.241 e. The number of nitrogens with two attached hydrogens (primary N) is 1. The second kappa shape index (κ2) is 6.01. The number of hydrogen-bond donors (Lipinski definition) is 2. The zero-order chi connectivity index (χ0) is 13.8. The molecule has 0 saturated carbocycles. The fraction of sp³-hybridized carbons (Fsp3) is 0.364. The largest absolute Gasteiger partial charge is 0.494 e. The molecule has 1 unspecified atom stereocenters. The molecule has 1 rings (SSSR count). The lowest BCUT2D eigenvalue weighted by Crippen LogP contribution is -2.35. The van der Waals surface area contributed by atoms with Crippen LogP contribution < -0.4 is 15.2 Å². The van der Waals surface area contributed by atoms with Crippen molar-refractivity contribution in [2.45, 2.75) is 19.1 Å². The van der Waals surface area contributed by atoms with Crippen molar-refractivity contribution in [2.24, 2.45) is 5.73 Å². The van der Waals surface area contributed by atoms with Gasteiger partial charge in [0.15, 0.2) is 0 Å². The average molecular weight is 288 g/mol. The Bertz CT molecular complexity index is 529. The Hall–Kier alpha value is -1.34. The second-order valence-electron chi connectivity index (χ2n) is 3.65. The zero-order valence-electron chi connectivity index (χ0n) is 10.2. The maximum Gasteiger partial charge on any atom is 0.241 e. The quantitative estimate of drug-likeness (QED) is 0.775. The summed E-state index contributed by atoms with van der Waals surface area (Å²) in [5.41, 5.74) is 5.76. The lowest BCUT2D eigenvalue weighted by molar-refractivity contribution is 0.340. The summed E-state index contributed by atoms with van der Waals surface area (Å²) < 4.78 is 31.5. The van der Waals surface area contributed by atoms with E-state index >= 15 is 0 Å². The Kier molecular flexibility index (Phi) is 4.92. The van der Waals surface area contributed by atoms with Crippen molar-refractivity contribution in [3.63, 3.8) is 0 Å². The van der Waals surface area contributed by atoms with E-state index in [1.165, 1.54) is 6.92 Å². The van der Waals surface area contributed by atoms with Crippen LogP contribution in [0.2, 0.25) is 0 Å². The average Bonchev–Trinajstić information content (AvgIpc) is 2.28. The van der Waals surface area contributed by atoms with Crippen LogP contribution >= 0.6 is 12.2 Å². The summed E-state index contributed by atoms with van der Waals surface area (Å²) in [5.74, 6) is 0.598. The van der Waals surface area contributed by atoms with Gasteiger partial charge < -0.3 is 10.5 Å². The van der Waals surface area contributed by atoms with E-state index in [4.69, 9.17) is 10.5 Å². The van der Waals surface area contributed by atoms with Gasteiger partial charge >= 0.3 is 0 Å². The summed E-state index contributed by atoms with van der Waals surface area (Å²) in [7, 11) is -3.62. The fourth-order valence-electron chi connectivity index (χ4n) is 1.22. The summed E-state index contributed by atoms with van der Waals surface area (Å²) in [6.45, 7) is 3.81. The molecule has 0 fully saturated rings. The summed E-state index contributed by atoms with van der Waals surface area (Å²) in [6, 6.07) is 6.69. The van der Waals surface area contributed by atoms with Gasteiger partial charge in [0.1, 0.15) is 11.0 Å². The molecule has 0 aromatic heterocycles. The molecule has 5 nitrogen and oxygen atoms in total. The minimum atomic E-state index is -3.62. The van der Waals surface area contributed by atoms with Crippen molar-refractivity contribution >= 4 is 32.9 Å². The molecule has 0 spiro atoms. The highest BCUT2D eigenvalue weighted by Crippen LogP contribution is 2.19. The number of benzene rings is 1. The van der Waals surface area contributed by atoms with Gasteiger partial charge in [0.2, 0.25) is 10.0 Å². The molecule has 1 atom stereocenters. The van der Waals surface area contributed by atoms with Crippen LogP contribution in [0.5, 0.6) is 5.75 Å². The van der Waals surface area contributed by atoms with E-state index in [1.54, 1.807) is 24.3 Å². The molecule has 0 bridgehead atoms. The Morgan fingerprint density at radius 3 is 2.78 bits per heavy atom. The highest BCUT2D eigenvalue weighted by Gasteiger charge is 2.23. The molecule has 0 aliphatic rings. The van der Waals surface area contributed by atoms with E-state index in [9.17, 15) is 8.42 Å². The summed E-state index contributed by atoms with van der Waals surface area (Å²) in [4.78, 5) is -0.0662. The van der Waals surface area contributed by atoms with Crippen molar-refractivity contribution in [3.05, 3.63) is 24.3 Å². The molecule has 1 aromatic carbocycles. The van der Waals surface area contributed by atoms with Gasteiger partial charge in [-0.3, -0.25) is 4.72 Å². The highest BCUT2D eigenvalue weighted by atomic mass is 32.2. The van der Waals surface area contributed by atoms with E-state index in [-0.39, 0.29) is 4.99 Å². The normalized spacial score (nSPS) is 12.8. The monoisotopic (exact) mass is 288 g/mol. The second-order valence-corrected chi connectivity index (χ2v) is 6.13. The van der Waals surface area contributed by atoms with E-state index in [1.807, 2.05) is 6.92 Å². The van der Waals surface area contributed by atoms with Crippen molar-refractivity contribution in [1.29, 1.82) is 0 Å². The summed E-state index contributed by atoms with van der Waals surface area (Å²) in [5, 5.41) is -0.928. The first-order valence-electron chi connectivity index (χ1n) is 5.40. The third kappa shape index (κ3) is 3.85. The Morgan fingerprint density at radius 2 is 2.22 bits per heavy atom. The zero-order valence-corrected chi connectivity index (χ0v) is 11.8. The van der Waals surface area contributed by atoms with Crippen LogP contribution in [0.4, 0.5) is 5.69 Å². The van der Waals surface area contributed by atoms with Crippen molar-refractivity contribution < 1.29 is 13.2 Å². The van der Waals surface area contributed by atoms with Gasteiger partial charge in [0, 0.05) is 6.07 Å². The maximum absolute atomic E-state index is 11.9. The first-order chi connectivity index (χ1) is 8.36. The molecule has 100 valence electrons. The van der Waals surface area contributed by atoms with Crippen LogP contribution in [0.15, 0.2) is 24.3 Å². The molecular weight excluding hydrogens is 272 g/mol. The topological polar surface area (TPSA) is 81.4 Å². The fourth-order valence-corrected chi connectivity index (χ4v) is 2.54. The molecule has 0 aliphatic heterocycles. The molecule has 1 aromatic rings. The molecule has 7 heteroatoms. The SMILES string of the molecule is CCOc1cccc(NS(=O)(=O)C(C)C(N)=S)c1. The Labute approximate surface area is 112 Å². The molecule has 0 aliphatic carbocycles. The van der Waals surface area contributed by atoms with Gasteiger partial charge in [-0.2, -0.15) is 0 Å². The van der Waals surface area contributed by atoms with Crippen LogP contribution in [0.1, 0.15) is 13.8 Å². The predicted molar refractivity (Wildman–Crippen MR) is 76.4 cm³/mol. The molecular formula is C11H16N2O3S2. The standard InChI is InChI=1S/C11H16N2O3S2/c1-3-16-10-6-4-5-9(7-10)13-18(14,15)8(2)11(12)17/h4-8,13H,3H2,1-2H3,(H2,12,17). The molecule has 0 heterocycles. The van der Waals surface area contributed by atoms with Crippen LogP contribution in [0, 0.1) is 0 Å². The van der Waals surface area contributed by atoms with Gasteiger partial charge in [-0.1, -0.05) is 18.3 Å². The summed E-state index contributed by atoms with van der Waals surface area (Å²) >= 11 is 4.68. The van der Waals surface area contributed by atoms with Gasteiger partial charge in [0.25, 0.3) is 0 Å². The van der Waals surface area contributed by atoms with Crippen LogP contribution in [0.25, 0.3) is 0 Å². The first-order valence-corrected chi connectivity index (χ1v) is 7.36. The Morgan fingerprint density at radius 1 is 1.56 bits per heavy atom. The molecule has 18 heavy (non-hydrogen) atoms. The predicted octanol–water partition coefficient (Wildman–Crippen LogP) is 1.50. The third-order valence-corrected chi connectivity index (χ3v) is 4.48. The number of thiocarbonyl (C=S) groups is 1. The summed E-state index contributed by atoms with van der Waals surface area (Å²) in [6.07, 6.45) is 0. The third-order valence-electron chi connectivity index (χ3n) is 2.27. The van der Waals surface area contributed by atoms with E-state index in [2.05, 4.69) is 16.9 Å². The lowest BCUT2D eigenvalue weighted by atomic mass is 10.3. The van der Waals surface area contributed by atoms with E-state index < -0.39 is 15.3 Å². The van der Waals surface area contributed by atoms with Crippen molar-refractivity contribution in [2.75, 3.05) is 11.3 Å². The number of rotatable bonds is 6. The number of ether oxygens (including phenoxy) is 1. The van der Waals surface area contributed by atoms with Crippen LogP contribution in [0.3, 0.4) is 0 Å². The van der Waals surface area contributed by atoms with Gasteiger partial charge in [-0.25, -0.2) is 8.42 Å². The first kappa shape index (κ1) is 14.7. The Balaban J connectivity index is 2.90. The van der Waals surface area contributed by atoms with E-state index in [0.717, 1.165) is 0 Å².